The summed E-state index contributed by atoms with van der Waals surface area (Å²) < 4.78 is 0. The molecule has 1 aromatic carbocycles. The van der Waals surface area contributed by atoms with Gasteiger partial charge >= 0.3 is 5.97 Å². The fourth-order valence-electron chi connectivity index (χ4n) is 2.80. The molecule has 24 heavy (non-hydrogen) atoms. The van der Waals surface area contributed by atoms with Crippen LogP contribution in [-0.4, -0.2) is 35.0 Å². The second-order valence-electron chi connectivity index (χ2n) is 6.07. The summed E-state index contributed by atoms with van der Waals surface area (Å²) in [5.74, 6) is -1.79. The first-order valence-corrected chi connectivity index (χ1v) is 8.35. The summed E-state index contributed by atoms with van der Waals surface area (Å²) in [6, 6.07) is 5.88. The standard InChI is InChI=1S/C17H21ClN2O4/c1-10(19-16(22)13-4-2-3-5-14(13)18)15(21)20-12-8-6-11(7-9-12)17(23)24/h2-5,10-12H,6-9H2,1H3,(H,19,22)(H,20,21)(H,23,24). The molecule has 0 aliphatic heterocycles. The predicted octanol–water partition coefficient (Wildman–Crippen LogP) is 2.22. The Morgan fingerprint density at radius 2 is 1.79 bits per heavy atom. The van der Waals surface area contributed by atoms with Gasteiger partial charge in [0.2, 0.25) is 5.91 Å². The zero-order valence-electron chi connectivity index (χ0n) is 13.4. The second kappa shape index (κ2) is 8.15. The number of aliphatic carboxylic acids is 1. The van der Waals surface area contributed by atoms with E-state index in [-0.39, 0.29) is 17.9 Å². The Balaban J connectivity index is 1.83. The molecule has 7 heteroatoms. The highest BCUT2D eigenvalue weighted by Crippen LogP contribution is 2.24. The lowest BCUT2D eigenvalue weighted by molar-refractivity contribution is -0.142. The number of carboxylic acids is 1. The molecule has 2 amide bonds. The molecule has 1 unspecified atom stereocenters. The molecule has 1 aromatic rings. The zero-order chi connectivity index (χ0) is 17.7. The Labute approximate surface area is 145 Å². The number of nitrogens with one attached hydrogen (secondary N) is 2. The van der Waals surface area contributed by atoms with Gasteiger partial charge in [0.25, 0.3) is 5.91 Å². The molecule has 1 aliphatic rings. The number of halogens is 1. The molecule has 0 radical (unpaired) electrons. The van der Waals surface area contributed by atoms with Crippen molar-refractivity contribution in [1.82, 2.24) is 10.6 Å². The van der Waals surface area contributed by atoms with Gasteiger partial charge in [-0.25, -0.2) is 0 Å². The average Bonchev–Trinajstić information content (AvgIpc) is 2.55. The molecular formula is C17H21ClN2O4. The first-order chi connectivity index (χ1) is 11.4. The maximum Gasteiger partial charge on any atom is 0.306 e. The number of hydrogen-bond donors (Lipinski definition) is 3. The maximum atomic E-state index is 12.2. The minimum absolute atomic E-state index is 0.0484. The van der Waals surface area contributed by atoms with Crippen molar-refractivity contribution in [1.29, 1.82) is 0 Å². The SMILES string of the molecule is CC(NC(=O)c1ccccc1Cl)C(=O)NC1CCC(C(=O)O)CC1. The van der Waals surface area contributed by atoms with E-state index in [9.17, 15) is 14.4 Å². The summed E-state index contributed by atoms with van der Waals surface area (Å²) in [4.78, 5) is 35.3. The highest BCUT2D eigenvalue weighted by atomic mass is 35.5. The Kier molecular flexibility index (Phi) is 6.20. The number of rotatable bonds is 5. The number of benzene rings is 1. The number of carbonyl (C=O) groups is 3. The fourth-order valence-corrected chi connectivity index (χ4v) is 3.02. The van der Waals surface area contributed by atoms with Gasteiger partial charge in [-0.15, -0.1) is 0 Å². The van der Waals surface area contributed by atoms with Gasteiger partial charge in [0.1, 0.15) is 6.04 Å². The van der Waals surface area contributed by atoms with Crippen molar-refractivity contribution in [2.24, 2.45) is 5.92 Å². The highest BCUT2D eigenvalue weighted by Gasteiger charge is 2.28. The summed E-state index contributed by atoms with van der Waals surface area (Å²) in [6.07, 6.45) is 2.38. The average molecular weight is 353 g/mol. The molecule has 0 bridgehead atoms. The first kappa shape index (κ1) is 18.3. The highest BCUT2D eigenvalue weighted by molar-refractivity contribution is 6.33. The van der Waals surface area contributed by atoms with Crippen molar-refractivity contribution >= 4 is 29.4 Å². The minimum Gasteiger partial charge on any atom is -0.481 e. The van der Waals surface area contributed by atoms with Crippen molar-refractivity contribution in [3.8, 4) is 0 Å². The molecule has 2 rings (SSSR count). The third kappa shape index (κ3) is 4.71. The minimum atomic E-state index is -0.778. The van der Waals surface area contributed by atoms with Gasteiger partial charge in [0.15, 0.2) is 0 Å². The van der Waals surface area contributed by atoms with E-state index in [1.165, 1.54) is 0 Å². The van der Waals surface area contributed by atoms with E-state index in [1.54, 1.807) is 31.2 Å². The monoisotopic (exact) mass is 352 g/mol. The van der Waals surface area contributed by atoms with E-state index in [4.69, 9.17) is 16.7 Å². The van der Waals surface area contributed by atoms with E-state index in [1.807, 2.05) is 0 Å². The topological polar surface area (TPSA) is 95.5 Å². The molecule has 1 saturated carbocycles. The Hall–Kier alpha value is -2.08. The van der Waals surface area contributed by atoms with E-state index >= 15 is 0 Å². The van der Waals surface area contributed by atoms with Crippen LogP contribution in [0.3, 0.4) is 0 Å². The van der Waals surface area contributed by atoms with E-state index in [0.29, 0.717) is 36.3 Å². The maximum absolute atomic E-state index is 12.2. The Morgan fingerprint density at radius 3 is 2.38 bits per heavy atom. The lowest BCUT2D eigenvalue weighted by atomic mass is 9.86. The quantitative estimate of drug-likeness (QED) is 0.757. The fraction of sp³-hybridized carbons (Fsp3) is 0.471. The number of amides is 2. The van der Waals surface area contributed by atoms with Gasteiger partial charge in [0, 0.05) is 6.04 Å². The van der Waals surface area contributed by atoms with Crippen molar-refractivity contribution in [3.05, 3.63) is 34.9 Å². The summed E-state index contributed by atoms with van der Waals surface area (Å²) >= 11 is 5.97. The van der Waals surface area contributed by atoms with Gasteiger partial charge in [-0.05, 0) is 44.7 Å². The van der Waals surface area contributed by atoms with E-state index in [2.05, 4.69) is 10.6 Å². The molecule has 0 spiro atoms. The molecule has 1 atom stereocenters. The van der Waals surface area contributed by atoms with Crippen molar-refractivity contribution in [3.63, 3.8) is 0 Å². The largest absolute Gasteiger partial charge is 0.481 e. The second-order valence-corrected chi connectivity index (χ2v) is 6.48. The van der Waals surface area contributed by atoms with Crippen LogP contribution < -0.4 is 10.6 Å². The Bertz CT molecular complexity index is 627. The van der Waals surface area contributed by atoms with Crippen molar-refractivity contribution in [2.75, 3.05) is 0 Å². The molecule has 0 aromatic heterocycles. The van der Waals surface area contributed by atoms with Crippen LogP contribution in [0.5, 0.6) is 0 Å². The van der Waals surface area contributed by atoms with E-state index in [0.717, 1.165) is 0 Å². The van der Waals surface area contributed by atoms with Crippen LogP contribution in [0.25, 0.3) is 0 Å². The van der Waals surface area contributed by atoms with Gasteiger partial charge in [-0.1, -0.05) is 23.7 Å². The number of carbonyl (C=O) groups excluding carboxylic acids is 2. The molecule has 3 N–H and O–H groups in total. The third-order valence-corrected chi connectivity index (χ3v) is 4.61. The van der Waals surface area contributed by atoms with Crippen LogP contribution in [0, 0.1) is 5.92 Å². The van der Waals surface area contributed by atoms with Gasteiger partial charge < -0.3 is 15.7 Å². The molecule has 130 valence electrons. The predicted molar refractivity (Wildman–Crippen MR) is 89.9 cm³/mol. The molecular weight excluding hydrogens is 332 g/mol. The third-order valence-electron chi connectivity index (χ3n) is 4.28. The Morgan fingerprint density at radius 1 is 1.17 bits per heavy atom. The smallest absolute Gasteiger partial charge is 0.306 e. The summed E-state index contributed by atoms with van der Waals surface area (Å²) in [5, 5.41) is 14.8. The number of carboxylic acid groups (broad SMARTS) is 1. The lowest BCUT2D eigenvalue weighted by Gasteiger charge is -2.28. The van der Waals surface area contributed by atoms with Crippen LogP contribution >= 0.6 is 11.6 Å². The van der Waals surface area contributed by atoms with Gasteiger partial charge in [-0.3, -0.25) is 14.4 Å². The van der Waals surface area contributed by atoms with Gasteiger partial charge in [-0.2, -0.15) is 0 Å². The molecule has 1 aliphatic carbocycles. The molecule has 0 saturated heterocycles. The summed E-state index contributed by atoms with van der Waals surface area (Å²) in [6.45, 7) is 1.60. The summed E-state index contributed by atoms with van der Waals surface area (Å²) in [5.41, 5.74) is 0.320. The molecule has 1 fully saturated rings. The first-order valence-electron chi connectivity index (χ1n) is 7.97. The van der Waals surface area contributed by atoms with Crippen LogP contribution in [0.15, 0.2) is 24.3 Å². The molecule has 6 nitrogen and oxygen atoms in total. The van der Waals surface area contributed by atoms with Crippen molar-refractivity contribution in [2.45, 2.75) is 44.7 Å². The summed E-state index contributed by atoms with van der Waals surface area (Å²) in [7, 11) is 0. The van der Waals surface area contributed by atoms with E-state index < -0.39 is 17.9 Å². The lowest BCUT2D eigenvalue weighted by Crippen LogP contribution is -2.49. The van der Waals surface area contributed by atoms with Crippen LogP contribution in [-0.2, 0) is 9.59 Å². The molecule has 0 heterocycles. The van der Waals surface area contributed by atoms with Crippen LogP contribution in [0.1, 0.15) is 43.0 Å². The van der Waals surface area contributed by atoms with Crippen LogP contribution in [0.4, 0.5) is 0 Å². The van der Waals surface area contributed by atoms with Gasteiger partial charge in [0.05, 0.1) is 16.5 Å². The normalized spacial score (nSPS) is 21.6. The van der Waals surface area contributed by atoms with Crippen molar-refractivity contribution < 1.29 is 19.5 Å². The van der Waals surface area contributed by atoms with Crippen LogP contribution in [0.2, 0.25) is 5.02 Å². The number of hydrogen-bond acceptors (Lipinski definition) is 3. The zero-order valence-corrected chi connectivity index (χ0v) is 14.2.